The minimum Gasteiger partial charge on any atom is -0.493 e. The van der Waals surface area contributed by atoms with Crippen LogP contribution < -0.4 is 14.8 Å². The second-order valence-electron chi connectivity index (χ2n) is 6.42. The van der Waals surface area contributed by atoms with Gasteiger partial charge in [-0.1, -0.05) is 12.1 Å². The summed E-state index contributed by atoms with van der Waals surface area (Å²) in [6, 6.07) is 12.7. The highest BCUT2D eigenvalue weighted by Crippen LogP contribution is 2.29. The average Bonchev–Trinajstić information content (AvgIpc) is 3.44. The zero-order valence-corrected chi connectivity index (χ0v) is 18.0. The van der Waals surface area contributed by atoms with Crippen LogP contribution in [0, 0.1) is 6.92 Å². The minimum atomic E-state index is -0.225. The largest absolute Gasteiger partial charge is 0.493 e. The zero-order valence-electron chi connectivity index (χ0n) is 16.4. The molecule has 30 heavy (non-hydrogen) atoms. The molecule has 0 spiro atoms. The van der Waals surface area contributed by atoms with Gasteiger partial charge in [0, 0.05) is 27.6 Å². The summed E-state index contributed by atoms with van der Waals surface area (Å²) in [5, 5.41) is 7.88. The standard InChI is InChI=1S/C22H19N3O3S2/c1-14-24-19(12-30-14)15-3-6-17(7-4-15)25-22(26)16-5-8-20(21(9-16)27-2)28-10-18-11-29-13-23-18/h3-9,11-13H,10H2,1-2H3,(H,25,26). The first-order valence-corrected chi connectivity index (χ1v) is 11.0. The van der Waals surface area contributed by atoms with E-state index in [0.29, 0.717) is 29.4 Å². The SMILES string of the molecule is COc1cc(C(=O)Nc2ccc(-c3csc(C)n3)cc2)ccc1OCc1cscn1. The fraction of sp³-hybridized carbons (Fsp3) is 0.136. The Labute approximate surface area is 182 Å². The van der Waals surface area contributed by atoms with Gasteiger partial charge >= 0.3 is 0 Å². The van der Waals surface area contributed by atoms with Crippen LogP contribution in [0.4, 0.5) is 5.69 Å². The van der Waals surface area contributed by atoms with Gasteiger partial charge in [0.25, 0.3) is 5.91 Å². The lowest BCUT2D eigenvalue weighted by atomic mass is 10.1. The predicted molar refractivity (Wildman–Crippen MR) is 120 cm³/mol. The highest BCUT2D eigenvalue weighted by atomic mass is 32.1. The molecule has 2 aromatic carbocycles. The molecule has 0 aliphatic carbocycles. The fourth-order valence-electron chi connectivity index (χ4n) is 2.81. The molecule has 152 valence electrons. The number of aromatic nitrogens is 2. The molecule has 0 unspecified atom stereocenters. The van der Waals surface area contributed by atoms with Crippen molar-refractivity contribution in [2.45, 2.75) is 13.5 Å². The lowest BCUT2D eigenvalue weighted by Gasteiger charge is -2.12. The molecule has 0 aliphatic rings. The molecule has 0 radical (unpaired) electrons. The predicted octanol–water partition coefficient (Wildman–Crippen LogP) is 5.41. The van der Waals surface area contributed by atoms with Crippen molar-refractivity contribution in [3.05, 3.63) is 75.0 Å². The number of nitrogens with zero attached hydrogens (tertiary/aromatic N) is 2. The summed E-state index contributed by atoms with van der Waals surface area (Å²) in [6.45, 7) is 2.32. The first-order chi connectivity index (χ1) is 14.6. The van der Waals surface area contributed by atoms with Crippen molar-refractivity contribution in [3.63, 3.8) is 0 Å². The van der Waals surface area contributed by atoms with Gasteiger partial charge in [-0.15, -0.1) is 22.7 Å². The summed E-state index contributed by atoms with van der Waals surface area (Å²) in [5.41, 5.74) is 5.74. The van der Waals surface area contributed by atoms with Gasteiger partial charge in [-0.05, 0) is 37.3 Å². The number of hydrogen-bond acceptors (Lipinski definition) is 7. The zero-order chi connectivity index (χ0) is 20.9. The Morgan fingerprint density at radius 2 is 1.93 bits per heavy atom. The average molecular weight is 438 g/mol. The molecular formula is C22H19N3O3S2. The van der Waals surface area contributed by atoms with Crippen molar-refractivity contribution in [1.29, 1.82) is 0 Å². The normalized spacial score (nSPS) is 10.6. The van der Waals surface area contributed by atoms with Crippen molar-refractivity contribution in [1.82, 2.24) is 9.97 Å². The van der Waals surface area contributed by atoms with Crippen LogP contribution in [0.15, 0.2) is 58.7 Å². The van der Waals surface area contributed by atoms with E-state index in [1.54, 1.807) is 42.2 Å². The number of amides is 1. The molecule has 8 heteroatoms. The maximum atomic E-state index is 12.7. The molecular weight excluding hydrogens is 418 g/mol. The Kier molecular flexibility index (Phi) is 6.06. The molecule has 6 nitrogen and oxygen atoms in total. The van der Waals surface area contributed by atoms with Gasteiger partial charge in [0.2, 0.25) is 0 Å². The Bertz CT molecular complexity index is 1140. The van der Waals surface area contributed by atoms with E-state index in [1.165, 1.54) is 11.3 Å². The quantitative estimate of drug-likeness (QED) is 0.418. The molecule has 0 saturated heterocycles. The van der Waals surface area contributed by atoms with Crippen molar-refractivity contribution in [2.24, 2.45) is 0 Å². The van der Waals surface area contributed by atoms with Crippen molar-refractivity contribution >= 4 is 34.3 Å². The molecule has 2 aromatic heterocycles. The van der Waals surface area contributed by atoms with Gasteiger partial charge in [-0.3, -0.25) is 4.79 Å². The number of hydrogen-bond donors (Lipinski definition) is 1. The summed E-state index contributed by atoms with van der Waals surface area (Å²) in [4.78, 5) is 21.3. The topological polar surface area (TPSA) is 73.3 Å². The van der Waals surface area contributed by atoms with Crippen LogP contribution in [0.25, 0.3) is 11.3 Å². The Morgan fingerprint density at radius 1 is 1.10 bits per heavy atom. The summed E-state index contributed by atoms with van der Waals surface area (Å²) in [5.74, 6) is 0.827. The maximum Gasteiger partial charge on any atom is 0.255 e. The number of methoxy groups -OCH3 is 1. The van der Waals surface area contributed by atoms with Crippen LogP contribution >= 0.6 is 22.7 Å². The number of rotatable bonds is 7. The first kappa shape index (κ1) is 20.1. The van der Waals surface area contributed by atoms with E-state index in [2.05, 4.69) is 15.3 Å². The highest BCUT2D eigenvalue weighted by molar-refractivity contribution is 7.09. The molecule has 0 fully saturated rings. The summed E-state index contributed by atoms with van der Waals surface area (Å²) in [6.07, 6.45) is 0. The minimum absolute atomic E-state index is 0.225. The van der Waals surface area contributed by atoms with Gasteiger partial charge in [0.1, 0.15) is 6.61 Å². The van der Waals surface area contributed by atoms with Crippen LogP contribution in [-0.2, 0) is 6.61 Å². The number of carbonyl (C=O) groups is 1. The Morgan fingerprint density at radius 3 is 2.60 bits per heavy atom. The number of nitrogens with one attached hydrogen (secondary N) is 1. The number of ether oxygens (including phenoxy) is 2. The van der Waals surface area contributed by atoms with Gasteiger partial charge in [-0.2, -0.15) is 0 Å². The van der Waals surface area contributed by atoms with E-state index in [-0.39, 0.29) is 5.91 Å². The Hall–Kier alpha value is -3.23. The first-order valence-electron chi connectivity index (χ1n) is 9.14. The lowest BCUT2D eigenvalue weighted by molar-refractivity contribution is 0.102. The molecule has 1 N–H and O–H groups in total. The lowest BCUT2D eigenvalue weighted by Crippen LogP contribution is -2.12. The molecule has 0 aliphatic heterocycles. The van der Waals surface area contributed by atoms with Gasteiger partial charge in [-0.25, -0.2) is 9.97 Å². The fourth-order valence-corrected chi connectivity index (χ4v) is 3.98. The van der Waals surface area contributed by atoms with E-state index in [4.69, 9.17) is 9.47 Å². The second-order valence-corrected chi connectivity index (χ2v) is 8.20. The summed E-state index contributed by atoms with van der Waals surface area (Å²) < 4.78 is 11.2. The monoisotopic (exact) mass is 437 g/mol. The molecule has 4 rings (SSSR count). The third-order valence-corrected chi connectivity index (χ3v) is 5.75. The third-order valence-electron chi connectivity index (χ3n) is 4.34. The van der Waals surface area contributed by atoms with Crippen LogP contribution in [0.3, 0.4) is 0 Å². The van der Waals surface area contributed by atoms with Crippen LogP contribution in [0.1, 0.15) is 21.1 Å². The summed E-state index contributed by atoms with van der Waals surface area (Å²) in [7, 11) is 1.55. The van der Waals surface area contributed by atoms with Crippen LogP contribution in [-0.4, -0.2) is 23.0 Å². The highest BCUT2D eigenvalue weighted by Gasteiger charge is 2.12. The van der Waals surface area contributed by atoms with E-state index in [9.17, 15) is 4.79 Å². The summed E-state index contributed by atoms with van der Waals surface area (Å²) >= 11 is 3.13. The van der Waals surface area contributed by atoms with Crippen LogP contribution in [0.5, 0.6) is 11.5 Å². The van der Waals surface area contributed by atoms with Crippen molar-refractivity contribution < 1.29 is 14.3 Å². The van der Waals surface area contributed by atoms with Crippen molar-refractivity contribution in [3.8, 4) is 22.8 Å². The number of carbonyl (C=O) groups excluding carboxylic acids is 1. The van der Waals surface area contributed by atoms with Gasteiger partial charge < -0.3 is 14.8 Å². The molecule has 4 aromatic rings. The van der Waals surface area contributed by atoms with Crippen molar-refractivity contribution in [2.75, 3.05) is 12.4 Å². The van der Waals surface area contributed by atoms with Gasteiger partial charge in [0.15, 0.2) is 11.5 Å². The van der Waals surface area contributed by atoms with E-state index >= 15 is 0 Å². The molecule has 0 atom stereocenters. The second kappa shape index (κ2) is 9.06. The number of aryl methyl sites for hydroxylation is 1. The third kappa shape index (κ3) is 4.67. The van der Waals surface area contributed by atoms with E-state index in [0.717, 1.165) is 22.0 Å². The molecule has 2 heterocycles. The number of benzene rings is 2. The molecule has 1 amide bonds. The Balaban J connectivity index is 1.43. The van der Waals surface area contributed by atoms with E-state index in [1.807, 2.05) is 41.9 Å². The van der Waals surface area contributed by atoms with Gasteiger partial charge in [0.05, 0.1) is 29.0 Å². The molecule has 0 saturated carbocycles. The smallest absolute Gasteiger partial charge is 0.255 e. The molecule has 0 bridgehead atoms. The number of anilines is 1. The maximum absolute atomic E-state index is 12.7. The van der Waals surface area contributed by atoms with E-state index < -0.39 is 0 Å². The number of thiazole rings is 2. The van der Waals surface area contributed by atoms with Crippen LogP contribution in [0.2, 0.25) is 0 Å².